The summed E-state index contributed by atoms with van der Waals surface area (Å²) >= 11 is 5.68. The molecule has 0 fully saturated rings. The fourth-order valence-electron chi connectivity index (χ4n) is 3.46. The van der Waals surface area contributed by atoms with E-state index in [2.05, 4.69) is 16.4 Å². The summed E-state index contributed by atoms with van der Waals surface area (Å²) in [6.07, 6.45) is 1.64. The van der Waals surface area contributed by atoms with E-state index >= 15 is 0 Å². The lowest BCUT2D eigenvalue weighted by atomic mass is 10.0. The minimum absolute atomic E-state index is 0.108. The highest BCUT2D eigenvalue weighted by molar-refractivity contribution is 7.80. The summed E-state index contributed by atoms with van der Waals surface area (Å²) in [4.78, 5) is 17.8. The molecule has 2 aromatic carbocycles. The first-order valence-electron chi connectivity index (χ1n) is 9.77. The Bertz CT molecular complexity index is 1230. The molecule has 0 aliphatic carbocycles. The lowest BCUT2D eigenvalue weighted by Crippen LogP contribution is -2.35. The molecule has 0 radical (unpaired) electrons. The van der Waals surface area contributed by atoms with Crippen LogP contribution in [-0.4, -0.2) is 15.0 Å². The number of aromatic nitrogens is 1. The Labute approximate surface area is 180 Å². The summed E-state index contributed by atoms with van der Waals surface area (Å²) in [5.74, 6) is 0.774. The number of pyridine rings is 1. The van der Waals surface area contributed by atoms with Crippen LogP contribution in [0.25, 0.3) is 10.9 Å². The molecule has 0 saturated heterocycles. The molecule has 5 nitrogen and oxygen atoms in total. The van der Waals surface area contributed by atoms with Gasteiger partial charge in [0.15, 0.2) is 5.11 Å². The Kier molecular flexibility index (Phi) is 5.68. The second-order valence-corrected chi connectivity index (χ2v) is 7.73. The number of nitrogens with zero attached hydrogens (tertiary/aromatic N) is 1. The SMILES string of the molecule is Cc1ccc(C)c2[nH]c(=O)c(CN(Cc3ccco3)C(=S)Nc3ccccc3)cc12. The Balaban J connectivity index is 1.67. The van der Waals surface area contributed by atoms with Crippen LogP contribution in [0.1, 0.15) is 22.5 Å². The summed E-state index contributed by atoms with van der Waals surface area (Å²) in [5, 5.41) is 4.83. The maximum atomic E-state index is 12.8. The van der Waals surface area contributed by atoms with Crippen molar-refractivity contribution in [3.63, 3.8) is 0 Å². The van der Waals surface area contributed by atoms with Gasteiger partial charge in [0.05, 0.1) is 24.9 Å². The number of hydrogen-bond donors (Lipinski definition) is 2. The Morgan fingerprint density at radius 3 is 2.53 bits per heavy atom. The smallest absolute Gasteiger partial charge is 0.253 e. The second kappa shape index (κ2) is 8.55. The van der Waals surface area contributed by atoms with Crippen molar-refractivity contribution in [2.75, 3.05) is 5.32 Å². The maximum absolute atomic E-state index is 12.8. The number of fused-ring (bicyclic) bond motifs is 1. The van der Waals surface area contributed by atoms with Crippen molar-refractivity contribution in [2.24, 2.45) is 0 Å². The van der Waals surface area contributed by atoms with Crippen LogP contribution in [0.3, 0.4) is 0 Å². The van der Waals surface area contributed by atoms with Gasteiger partial charge in [-0.1, -0.05) is 30.3 Å². The van der Waals surface area contributed by atoms with E-state index in [0.717, 1.165) is 33.5 Å². The number of thiocarbonyl (C=S) groups is 1. The summed E-state index contributed by atoms with van der Waals surface area (Å²) in [7, 11) is 0. The third-order valence-electron chi connectivity index (χ3n) is 5.12. The molecule has 6 heteroatoms. The van der Waals surface area contributed by atoms with Crippen molar-refractivity contribution in [3.8, 4) is 0 Å². The first-order valence-corrected chi connectivity index (χ1v) is 10.2. The highest BCUT2D eigenvalue weighted by Crippen LogP contribution is 2.21. The number of para-hydroxylation sites is 1. The van der Waals surface area contributed by atoms with Crippen LogP contribution in [0.15, 0.2) is 76.1 Å². The molecule has 0 amide bonds. The van der Waals surface area contributed by atoms with Crippen LogP contribution in [0.2, 0.25) is 0 Å². The molecule has 0 atom stereocenters. The van der Waals surface area contributed by atoms with Crippen LogP contribution in [0, 0.1) is 13.8 Å². The fourth-order valence-corrected chi connectivity index (χ4v) is 3.70. The van der Waals surface area contributed by atoms with Gasteiger partial charge in [0, 0.05) is 16.6 Å². The van der Waals surface area contributed by atoms with Crippen LogP contribution in [0.5, 0.6) is 0 Å². The number of benzene rings is 2. The molecular formula is C24H23N3O2S. The predicted octanol–water partition coefficient (Wildman–Crippen LogP) is 5.14. The van der Waals surface area contributed by atoms with E-state index in [4.69, 9.17) is 16.6 Å². The molecule has 4 aromatic rings. The molecule has 0 bridgehead atoms. The number of nitrogens with one attached hydrogen (secondary N) is 2. The second-order valence-electron chi connectivity index (χ2n) is 7.34. The number of furan rings is 1. The van der Waals surface area contributed by atoms with Crippen LogP contribution in [-0.2, 0) is 13.1 Å². The topological polar surface area (TPSA) is 61.3 Å². The van der Waals surface area contributed by atoms with Gasteiger partial charge in [0.2, 0.25) is 0 Å². The molecule has 2 aromatic heterocycles. The zero-order valence-corrected chi connectivity index (χ0v) is 17.8. The third kappa shape index (κ3) is 4.28. The van der Waals surface area contributed by atoms with Crippen molar-refractivity contribution in [2.45, 2.75) is 26.9 Å². The molecule has 2 N–H and O–H groups in total. The van der Waals surface area contributed by atoms with Crippen molar-refractivity contribution >= 4 is 33.9 Å². The summed E-state index contributed by atoms with van der Waals surface area (Å²) in [6.45, 7) is 4.86. The lowest BCUT2D eigenvalue weighted by molar-refractivity contribution is 0.359. The van der Waals surface area contributed by atoms with E-state index in [1.807, 2.05) is 73.3 Å². The summed E-state index contributed by atoms with van der Waals surface area (Å²) in [5.41, 5.74) is 4.49. The fraction of sp³-hybridized carbons (Fsp3) is 0.167. The van der Waals surface area contributed by atoms with E-state index < -0.39 is 0 Å². The third-order valence-corrected chi connectivity index (χ3v) is 5.48. The Hall–Kier alpha value is -3.38. The van der Waals surface area contributed by atoms with E-state index in [1.165, 1.54) is 0 Å². The average Bonchev–Trinajstić information content (AvgIpc) is 3.25. The van der Waals surface area contributed by atoms with Crippen LogP contribution in [0.4, 0.5) is 5.69 Å². The Morgan fingerprint density at radius 2 is 1.80 bits per heavy atom. The largest absolute Gasteiger partial charge is 0.467 e. The van der Waals surface area contributed by atoms with Crippen molar-refractivity contribution < 1.29 is 4.42 Å². The molecule has 152 valence electrons. The van der Waals surface area contributed by atoms with Gasteiger partial charge in [0.1, 0.15) is 5.76 Å². The molecule has 4 rings (SSSR count). The van der Waals surface area contributed by atoms with Gasteiger partial charge in [-0.05, 0) is 67.5 Å². The normalized spacial score (nSPS) is 10.9. The summed E-state index contributed by atoms with van der Waals surface area (Å²) in [6, 6.07) is 19.6. The molecule has 0 saturated carbocycles. The minimum Gasteiger partial charge on any atom is -0.467 e. The molecule has 0 spiro atoms. The van der Waals surface area contributed by atoms with E-state index in [1.54, 1.807) is 6.26 Å². The zero-order valence-electron chi connectivity index (χ0n) is 16.9. The number of aromatic amines is 1. The van der Waals surface area contributed by atoms with E-state index in [-0.39, 0.29) is 5.56 Å². The van der Waals surface area contributed by atoms with Gasteiger partial charge < -0.3 is 19.6 Å². The van der Waals surface area contributed by atoms with Crippen LogP contribution >= 0.6 is 12.2 Å². The quantitative estimate of drug-likeness (QED) is 0.441. The average molecular weight is 418 g/mol. The first-order chi connectivity index (χ1) is 14.5. The summed E-state index contributed by atoms with van der Waals surface area (Å²) < 4.78 is 5.52. The zero-order chi connectivity index (χ0) is 21.1. The van der Waals surface area contributed by atoms with Gasteiger partial charge in [0.25, 0.3) is 5.56 Å². The maximum Gasteiger partial charge on any atom is 0.253 e. The van der Waals surface area contributed by atoms with Crippen LogP contribution < -0.4 is 10.9 Å². The number of hydrogen-bond acceptors (Lipinski definition) is 3. The van der Waals surface area contributed by atoms with Gasteiger partial charge in [-0.25, -0.2) is 0 Å². The first kappa shape index (κ1) is 19.9. The number of anilines is 1. The lowest BCUT2D eigenvalue weighted by Gasteiger charge is -2.25. The number of H-pyrrole nitrogens is 1. The standard InChI is InChI=1S/C24H23N3O2S/c1-16-10-11-17(2)22-21(16)13-18(23(28)26-22)14-27(15-20-9-6-12-29-20)24(30)25-19-7-4-3-5-8-19/h3-13H,14-15H2,1-2H3,(H,25,30)(H,26,28). The highest BCUT2D eigenvalue weighted by atomic mass is 32.1. The molecule has 2 heterocycles. The van der Waals surface area contributed by atoms with Gasteiger partial charge in [-0.15, -0.1) is 0 Å². The molecule has 0 unspecified atom stereocenters. The van der Waals surface area contributed by atoms with Gasteiger partial charge in [-0.3, -0.25) is 4.79 Å². The highest BCUT2D eigenvalue weighted by Gasteiger charge is 2.16. The van der Waals surface area contributed by atoms with Crippen molar-refractivity contribution in [1.29, 1.82) is 0 Å². The van der Waals surface area contributed by atoms with Crippen molar-refractivity contribution in [1.82, 2.24) is 9.88 Å². The molecule has 30 heavy (non-hydrogen) atoms. The molecule has 0 aliphatic heterocycles. The molecule has 0 aliphatic rings. The molecular weight excluding hydrogens is 394 g/mol. The predicted molar refractivity (Wildman–Crippen MR) is 125 cm³/mol. The number of aryl methyl sites for hydroxylation is 2. The monoisotopic (exact) mass is 417 g/mol. The van der Waals surface area contributed by atoms with Gasteiger partial charge in [-0.2, -0.15) is 0 Å². The Morgan fingerprint density at radius 1 is 1.03 bits per heavy atom. The minimum atomic E-state index is -0.108. The number of rotatable bonds is 5. The van der Waals surface area contributed by atoms with E-state index in [9.17, 15) is 4.79 Å². The van der Waals surface area contributed by atoms with E-state index in [0.29, 0.717) is 23.8 Å². The van der Waals surface area contributed by atoms with Crippen molar-refractivity contribution in [3.05, 3.63) is 99.7 Å². The van der Waals surface area contributed by atoms with Gasteiger partial charge >= 0.3 is 0 Å².